The first kappa shape index (κ1) is 25.7. The van der Waals surface area contributed by atoms with E-state index < -0.39 is 0 Å². The summed E-state index contributed by atoms with van der Waals surface area (Å²) in [5, 5.41) is 7.83. The maximum atomic E-state index is 5.79. The van der Waals surface area contributed by atoms with Gasteiger partial charge in [0.05, 0.1) is 19.4 Å². The van der Waals surface area contributed by atoms with Gasteiger partial charge in [-0.1, -0.05) is 58.6 Å². The lowest BCUT2D eigenvalue weighted by molar-refractivity contribution is 0.271. The average Bonchev–Trinajstić information content (AvgIpc) is 2.80. The normalized spacial score (nSPS) is 11.0. The summed E-state index contributed by atoms with van der Waals surface area (Å²) in [4.78, 5) is 0. The molecule has 0 aliphatic rings. The molecule has 0 radical (unpaired) electrons. The van der Waals surface area contributed by atoms with Crippen molar-refractivity contribution in [3.05, 3.63) is 59.7 Å². The molecule has 2 aromatic carbocycles. The van der Waals surface area contributed by atoms with Crippen LogP contribution in [0.15, 0.2) is 53.6 Å². The minimum atomic E-state index is 0.476. The first-order chi connectivity index (χ1) is 15.6. The molecule has 0 aliphatic carbocycles. The Morgan fingerprint density at radius 3 is 2.28 bits per heavy atom. The van der Waals surface area contributed by atoms with Crippen LogP contribution in [0, 0.1) is 5.92 Å². The van der Waals surface area contributed by atoms with Crippen molar-refractivity contribution in [1.29, 1.82) is 0 Å². The molecule has 5 nitrogen and oxygen atoms in total. The Morgan fingerprint density at radius 1 is 0.938 bits per heavy atom. The lowest BCUT2D eigenvalue weighted by atomic mass is 10.2. The van der Waals surface area contributed by atoms with Gasteiger partial charge in [0.1, 0.15) is 11.5 Å². The number of thiocarbonyl (C=S) groups is 1. The molecule has 0 aliphatic heterocycles. The van der Waals surface area contributed by atoms with E-state index in [2.05, 4.69) is 36.6 Å². The van der Waals surface area contributed by atoms with Crippen LogP contribution in [-0.4, -0.2) is 24.5 Å². The maximum Gasteiger partial charge on any atom is 0.187 e. The molecule has 0 unspecified atom stereocenters. The Balaban J connectivity index is 1.64. The van der Waals surface area contributed by atoms with Gasteiger partial charge in [-0.15, -0.1) is 0 Å². The maximum absolute atomic E-state index is 5.79. The second kappa shape index (κ2) is 15.2. The Hall–Kier alpha value is -2.60. The number of rotatable bonds is 14. The van der Waals surface area contributed by atoms with Gasteiger partial charge in [-0.3, -0.25) is 5.43 Å². The third-order valence-electron chi connectivity index (χ3n) is 4.74. The van der Waals surface area contributed by atoms with Crippen molar-refractivity contribution >= 4 is 23.5 Å². The fourth-order valence-corrected chi connectivity index (χ4v) is 3.02. The van der Waals surface area contributed by atoms with Gasteiger partial charge in [0, 0.05) is 6.54 Å². The van der Waals surface area contributed by atoms with E-state index in [4.69, 9.17) is 21.7 Å². The fourth-order valence-electron chi connectivity index (χ4n) is 2.90. The summed E-state index contributed by atoms with van der Waals surface area (Å²) in [6, 6.07) is 15.9. The summed E-state index contributed by atoms with van der Waals surface area (Å²) >= 11 is 5.29. The molecule has 0 aromatic heterocycles. The number of unbranched alkanes of at least 4 members (excludes halogenated alkanes) is 4. The molecule has 32 heavy (non-hydrogen) atoms. The number of nitrogens with zero attached hydrogens (tertiary/aromatic N) is 1. The summed E-state index contributed by atoms with van der Waals surface area (Å²) in [6.07, 6.45) is 7.94. The van der Waals surface area contributed by atoms with Crippen molar-refractivity contribution < 1.29 is 9.47 Å². The average molecular weight is 456 g/mol. The number of hydrogen-bond donors (Lipinski definition) is 2. The summed E-state index contributed by atoms with van der Waals surface area (Å²) in [5.41, 5.74) is 4.95. The van der Waals surface area contributed by atoms with Crippen molar-refractivity contribution in [3.63, 3.8) is 0 Å². The molecule has 0 fully saturated rings. The lowest BCUT2D eigenvalue weighted by Crippen LogP contribution is -2.31. The van der Waals surface area contributed by atoms with Crippen molar-refractivity contribution in [2.24, 2.45) is 11.0 Å². The van der Waals surface area contributed by atoms with Crippen LogP contribution < -0.4 is 20.2 Å². The minimum Gasteiger partial charge on any atom is -0.494 e. The molecule has 2 rings (SSSR count). The largest absolute Gasteiger partial charge is 0.494 e. The predicted octanol–water partition coefficient (Wildman–Crippen LogP) is 6.07. The van der Waals surface area contributed by atoms with Crippen LogP contribution in [0.4, 0.5) is 0 Å². The molecule has 0 amide bonds. The number of ether oxygens (including phenoxy) is 2. The van der Waals surface area contributed by atoms with Crippen LogP contribution in [0.25, 0.3) is 0 Å². The highest BCUT2D eigenvalue weighted by Gasteiger charge is 2.00. The first-order valence-corrected chi connectivity index (χ1v) is 12.0. The van der Waals surface area contributed by atoms with Gasteiger partial charge < -0.3 is 14.8 Å². The SMILES string of the molecule is CCCCCCCOc1ccc(/C=N/NC(=S)NCc2ccc(OCC(C)C)cc2)cc1. The van der Waals surface area contributed by atoms with Gasteiger partial charge >= 0.3 is 0 Å². The number of hydrogen-bond acceptors (Lipinski definition) is 4. The van der Waals surface area contributed by atoms with Gasteiger partial charge in [0.15, 0.2) is 5.11 Å². The molecular weight excluding hydrogens is 418 g/mol. The molecule has 0 saturated carbocycles. The van der Waals surface area contributed by atoms with Gasteiger partial charge in [-0.2, -0.15) is 5.10 Å². The van der Waals surface area contributed by atoms with Crippen LogP contribution >= 0.6 is 12.2 Å². The number of benzene rings is 2. The molecular formula is C26H37N3O2S. The van der Waals surface area contributed by atoms with E-state index in [1.165, 1.54) is 25.7 Å². The second-order valence-corrected chi connectivity index (χ2v) is 8.64. The van der Waals surface area contributed by atoms with Crippen molar-refractivity contribution in [3.8, 4) is 11.5 Å². The summed E-state index contributed by atoms with van der Waals surface area (Å²) in [7, 11) is 0. The molecule has 2 aromatic rings. The molecule has 0 bridgehead atoms. The molecule has 0 heterocycles. The molecule has 0 atom stereocenters. The number of nitrogens with one attached hydrogen (secondary N) is 2. The highest BCUT2D eigenvalue weighted by Crippen LogP contribution is 2.14. The second-order valence-electron chi connectivity index (χ2n) is 8.23. The monoisotopic (exact) mass is 455 g/mol. The van der Waals surface area contributed by atoms with Crippen LogP contribution in [0.3, 0.4) is 0 Å². The zero-order valence-electron chi connectivity index (χ0n) is 19.6. The third kappa shape index (κ3) is 11.1. The first-order valence-electron chi connectivity index (χ1n) is 11.6. The van der Waals surface area contributed by atoms with Crippen molar-refractivity contribution in [2.75, 3.05) is 13.2 Å². The molecule has 2 N–H and O–H groups in total. The van der Waals surface area contributed by atoms with E-state index in [-0.39, 0.29) is 0 Å². The summed E-state index contributed by atoms with van der Waals surface area (Å²) in [6.45, 7) is 8.61. The zero-order valence-corrected chi connectivity index (χ0v) is 20.4. The zero-order chi connectivity index (χ0) is 23.0. The van der Waals surface area contributed by atoms with E-state index in [0.717, 1.165) is 42.3 Å². The molecule has 174 valence electrons. The van der Waals surface area contributed by atoms with E-state index >= 15 is 0 Å². The highest BCUT2D eigenvalue weighted by atomic mass is 32.1. The van der Waals surface area contributed by atoms with Crippen LogP contribution in [-0.2, 0) is 6.54 Å². The number of hydrazone groups is 1. The Morgan fingerprint density at radius 2 is 1.59 bits per heavy atom. The molecule has 0 spiro atoms. The minimum absolute atomic E-state index is 0.476. The van der Waals surface area contributed by atoms with E-state index in [0.29, 0.717) is 17.6 Å². The molecule has 6 heteroatoms. The van der Waals surface area contributed by atoms with Crippen molar-refractivity contribution in [1.82, 2.24) is 10.7 Å². The van der Waals surface area contributed by atoms with Gasteiger partial charge in [0.2, 0.25) is 0 Å². The smallest absolute Gasteiger partial charge is 0.187 e. The predicted molar refractivity (Wildman–Crippen MR) is 138 cm³/mol. The van der Waals surface area contributed by atoms with Gasteiger partial charge in [-0.25, -0.2) is 0 Å². The lowest BCUT2D eigenvalue weighted by Gasteiger charge is -2.10. The van der Waals surface area contributed by atoms with Crippen LogP contribution in [0.1, 0.15) is 64.0 Å². The van der Waals surface area contributed by atoms with Gasteiger partial charge in [-0.05, 0) is 72.1 Å². The summed E-state index contributed by atoms with van der Waals surface area (Å²) in [5.74, 6) is 2.29. The molecule has 0 saturated heterocycles. The van der Waals surface area contributed by atoms with E-state index in [1.54, 1.807) is 6.21 Å². The Labute approximate surface area is 198 Å². The van der Waals surface area contributed by atoms with Crippen LogP contribution in [0.5, 0.6) is 11.5 Å². The van der Waals surface area contributed by atoms with Crippen molar-refractivity contribution in [2.45, 2.75) is 59.4 Å². The van der Waals surface area contributed by atoms with Crippen LogP contribution in [0.2, 0.25) is 0 Å². The Bertz CT molecular complexity index is 805. The standard InChI is InChI=1S/C26H37N3O2S/c1-4-5-6-7-8-17-30-24-13-11-23(12-14-24)19-28-29-26(32)27-18-22-9-15-25(16-10-22)31-20-21(2)3/h9-16,19,21H,4-8,17-18,20H2,1-3H3,(H2,27,29,32)/b28-19+. The topological polar surface area (TPSA) is 54.9 Å². The summed E-state index contributed by atoms with van der Waals surface area (Å²) < 4.78 is 11.5. The van der Waals surface area contributed by atoms with E-state index in [1.807, 2.05) is 48.5 Å². The fraction of sp³-hybridized carbons (Fsp3) is 0.462. The quantitative estimate of drug-likeness (QED) is 0.157. The third-order valence-corrected chi connectivity index (χ3v) is 4.97. The highest BCUT2D eigenvalue weighted by molar-refractivity contribution is 7.80. The Kier molecular flexibility index (Phi) is 12.2. The van der Waals surface area contributed by atoms with Gasteiger partial charge in [0.25, 0.3) is 0 Å². The van der Waals surface area contributed by atoms with E-state index in [9.17, 15) is 0 Å².